The van der Waals surface area contributed by atoms with E-state index in [0.717, 1.165) is 38.5 Å². The Morgan fingerprint density at radius 1 is 1.12 bits per heavy atom. The Labute approximate surface area is 154 Å². The number of aromatic nitrogens is 1. The van der Waals surface area contributed by atoms with Crippen LogP contribution in [0.15, 0.2) is 74.5 Å². The van der Waals surface area contributed by atoms with Crippen LogP contribution in [0.2, 0.25) is 0 Å². The topological polar surface area (TPSA) is 52.0 Å². The zero-order chi connectivity index (χ0) is 17.9. The lowest BCUT2D eigenvalue weighted by Crippen LogP contribution is -2.11. The highest BCUT2D eigenvalue weighted by molar-refractivity contribution is 7.07. The molecule has 0 radical (unpaired) electrons. The second-order valence-corrected chi connectivity index (χ2v) is 6.41. The van der Waals surface area contributed by atoms with Crippen molar-refractivity contribution in [3.05, 3.63) is 70.3 Å². The molecular weight excluding hydrogens is 346 g/mol. The Morgan fingerprint density at radius 2 is 1.92 bits per heavy atom. The number of methoxy groups -OCH3 is 1. The van der Waals surface area contributed by atoms with Crippen LogP contribution in [0.3, 0.4) is 0 Å². The molecule has 0 atom stereocenters. The number of ether oxygens (including phenoxy) is 1. The van der Waals surface area contributed by atoms with E-state index in [2.05, 4.69) is 10.1 Å². The van der Waals surface area contributed by atoms with Gasteiger partial charge < -0.3 is 9.15 Å². The summed E-state index contributed by atoms with van der Waals surface area (Å²) in [6, 6.07) is 17.7. The summed E-state index contributed by atoms with van der Waals surface area (Å²) in [5, 5.41) is 7.69. The van der Waals surface area contributed by atoms with Crippen molar-refractivity contribution in [2.45, 2.75) is 0 Å². The van der Waals surface area contributed by atoms with Crippen molar-refractivity contribution in [3.8, 4) is 17.2 Å². The number of fused-ring (bicyclic) bond motifs is 1. The van der Waals surface area contributed by atoms with Crippen molar-refractivity contribution in [2.75, 3.05) is 14.2 Å². The molecule has 4 rings (SSSR count). The highest BCUT2D eigenvalue weighted by atomic mass is 32.1. The van der Waals surface area contributed by atoms with Gasteiger partial charge in [0.2, 0.25) is 4.80 Å². The molecule has 0 aliphatic carbocycles. The van der Waals surface area contributed by atoms with Gasteiger partial charge in [0.15, 0.2) is 5.76 Å². The maximum Gasteiger partial charge on any atom is 0.206 e. The van der Waals surface area contributed by atoms with Gasteiger partial charge in [-0.25, -0.2) is 4.68 Å². The molecule has 0 saturated heterocycles. The molecule has 5 nitrogen and oxygen atoms in total. The highest BCUT2D eigenvalue weighted by Crippen LogP contribution is 2.28. The predicted octanol–water partition coefficient (Wildman–Crippen LogP) is 4.38. The van der Waals surface area contributed by atoms with E-state index in [1.807, 2.05) is 60.0 Å². The Kier molecular flexibility index (Phi) is 4.41. The molecule has 130 valence electrons. The quantitative estimate of drug-likeness (QED) is 0.505. The molecule has 0 amide bonds. The fourth-order valence-corrected chi connectivity index (χ4v) is 3.52. The lowest BCUT2D eigenvalue weighted by molar-refractivity contribution is 0.414. The molecule has 0 aliphatic heterocycles. The van der Waals surface area contributed by atoms with E-state index >= 15 is 0 Å². The summed E-state index contributed by atoms with van der Waals surface area (Å²) in [6.07, 6.45) is 1.77. The molecule has 0 unspecified atom stereocenters. The molecule has 0 aliphatic rings. The van der Waals surface area contributed by atoms with Gasteiger partial charge in [-0.05, 0) is 24.3 Å². The first-order valence-corrected chi connectivity index (χ1v) is 8.98. The van der Waals surface area contributed by atoms with E-state index in [1.165, 1.54) is 11.3 Å². The van der Waals surface area contributed by atoms with Crippen molar-refractivity contribution in [3.63, 3.8) is 0 Å². The van der Waals surface area contributed by atoms with Crippen molar-refractivity contribution in [1.82, 2.24) is 4.68 Å². The third-order valence-corrected chi connectivity index (χ3v) is 4.91. The number of hydrogen-bond donors (Lipinski definition) is 0. The Balaban J connectivity index is 1.81. The summed E-state index contributed by atoms with van der Waals surface area (Å²) in [6.45, 7) is 0. The predicted molar refractivity (Wildman–Crippen MR) is 105 cm³/mol. The first-order valence-electron chi connectivity index (χ1n) is 8.10. The maximum atomic E-state index is 6.00. The summed E-state index contributed by atoms with van der Waals surface area (Å²) in [4.78, 5) is 5.10. The smallest absolute Gasteiger partial charge is 0.206 e. The number of nitrogens with zero attached hydrogens (tertiary/aromatic N) is 3. The largest absolute Gasteiger partial charge is 0.496 e. The van der Waals surface area contributed by atoms with E-state index in [9.17, 15) is 0 Å². The molecule has 26 heavy (non-hydrogen) atoms. The molecule has 6 heteroatoms. The van der Waals surface area contributed by atoms with Crippen LogP contribution in [0.4, 0.5) is 0 Å². The molecule has 0 spiro atoms. The molecule has 2 aromatic carbocycles. The van der Waals surface area contributed by atoms with E-state index in [4.69, 9.17) is 9.15 Å². The average molecular weight is 363 g/mol. The first kappa shape index (κ1) is 16.4. The molecular formula is C20H17N3O2S. The van der Waals surface area contributed by atoms with Crippen molar-refractivity contribution < 1.29 is 9.15 Å². The number of furan rings is 1. The zero-order valence-corrected chi connectivity index (χ0v) is 15.2. The normalized spacial score (nSPS) is 12.3. The van der Waals surface area contributed by atoms with Gasteiger partial charge in [0.05, 0.1) is 13.3 Å². The maximum absolute atomic E-state index is 6.00. The fourth-order valence-electron chi connectivity index (χ4n) is 2.73. The minimum Gasteiger partial charge on any atom is -0.496 e. The van der Waals surface area contributed by atoms with Gasteiger partial charge in [0.25, 0.3) is 0 Å². The van der Waals surface area contributed by atoms with Crippen molar-refractivity contribution >= 4 is 28.5 Å². The van der Waals surface area contributed by atoms with Crippen LogP contribution in [-0.4, -0.2) is 25.0 Å². The minimum atomic E-state index is 0.759. The van der Waals surface area contributed by atoms with Crippen LogP contribution in [0, 0.1) is 0 Å². The number of hydrogen-bond acceptors (Lipinski definition) is 5. The fraction of sp³-hybridized carbons (Fsp3) is 0.100. The Bertz CT molecular complexity index is 1120. The number of benzene rings is 2. The summed E-state index contributed by atoms with van der Waals surface area (Å²) in [5.74, 6) is 1.53. The number of rotatable bonds is 4. The van der Waals surface area contributed by atoms with E-state index < -0.39 is 0 Å². The average Bonchev–Trinajstić information content (AvgIpc) is 3.29. The van der Waals surface area contributed by atoms with Crippen molar-refractivity contribution in [2.24, 2.45) is 10.1 Å². The Hall–Kier alpha value is -3.12. The lowest BCUT2D eigenvalue weighted by Gasteiger charge is -2.04. The summed E-state index contributed by atoms with van der Waals surface area (Å²) < 4.78 is 13.2. The van der Waals surface area contributed by atoms with Crippen molar-refractivity contribution in [1.29, 1.82) is 0 Å². The van der Waals surface area contributed by atoms with Crippen LogP contribution in [0.5, 0.6) is 5.75 Å². The first-order chi connectivity index (χ1) is 12.8. The van der Waals surface area contributed by atoms with Gasteiger partial charge in [-0.15, -0.1) is 11.3 Å². The van der Waals surface area contributed by atoms with Gasteiger partial charge in [-0.2, -0.15) is 5.10 Å². The van der Waals surface area contributed by atoms with E-state index in [-0.39, 0.29) is 0 Å². The van der Waals surface area contributed by atoms with Gasteiger partial charge in [-0.3, -0.25) is 4.99 Å². The van der Waals surface area contributed by atoms with E-state index in [0.29, 0.717) is 0 Å². The van der Waals surface area contributed by atoms with Gasteiger partial charge in [-0.1, -0.05) is 30.3 Å². The molecule has 0 N–H and O–H groups in total. The third-order valence-electron chi connectivity index (χ3n) is 4.01. The van der Waals surface area contributed by atoms with Crippen LogP contribution in [-0.2, 0) is 0 Å². The number of para-hydroxylation sites is 2. The Morgan fingerprint density at radius 3 is 2.73 bits per heavy atom. The van der Waals surface area contributed by atoms with Crippen LogP contribution in [0.25, 0.3) is 22.4 Å². The summed E-state index contributed by atoms with van der Waals surface area (Å²) >= 11 is 1.52. The molecule has 2 heterocycles. The minimum absolute atomic E-state index is 0.759. The molecule has 0 bridgehead atoms. The van der Waals surface area contributed by atoms with Crippen LogP contribution < -0.4 is 9.54 Å². The van der Waals surface area contributed by atoms with Gasteiger partial charge in [0, 0.05) is 23.4 Å². The van der Waals surface area contributed by atoms with E-state index in [1.54, 1.807) is 25.0 Å². The van der Waals surface area contributed by atoms with Crippen LogP contribution in [0.1, 0.15) is 5.56 Å². The third kappa shape index (κ3) is 2.95. The summed E-state index contributed by atoms with van der Waals surface area (Å²) in [7, 11) is 3.40. The molecule has 0 saturated carbocycles. The highest BCUT2D eigenvalue weighted by Gasteiger charge is 2.12. The van der Waals surface area contributed by atoms with Crippen LogP contribution >= 0.6 is 11.3 Å². The second-order valence-electron chi connectivity index (χ2n) is 5.57. The molecule has 2 aromatic heterocycles. The lowest BCUT2D eigenvalue weighted by atomic mass is 10.2. The second kappa shape index (κ2) is 7.01. The van der Waals surface area contributed by atoms with Gasteiger partial charge >= 0.3 is 0 Å². The summed E-state index contributed by atoms with van der Waals surface area (Å²) in [5.41, 5.74) is 2.60. The standard InChI is InChI=1S/C20H17N3O2S/c1-21-20-23(22-12-15-8-4-5-9-17(15)24-2)16(13-26-20)19-11-14-7-3-6-10-18(14)25-19/h3-13H,1-2H3. The SMILES string of the molecule is CN=c1scc(-c2cc3ccccc3o2)n1N=Cc1ccccc1OC. The number of thiazole rings is 1. The molecule has 4 aromatic rings. The van der Waals surface area contributed by atoms with Gasteiger partial charge in [0.1, 0.15) is 17.0 Å². The zero-order valence-electron chi connectivity index (χ0n) is 14.4. The molecule has 0 fully saturated rings. The monoisotopic (exact) mass is 363 g/mol.